The molecule has 0 saturated carbocycles. The predicted molar refractivity (Wildman–Crippen MR) is 47.8 cm³/mol. The summed E-state index contributed by atoms with van der Waals surface area (Å²) >= 11 is 0. The Morgan fingerprint density at radius 2 is 1.90 bits per heavy atom. The second kappa shape index (κ2) is 5.76. The van der Waals surface area contributed by atoms with Crippen LogP contribution in [0.5, 0.6) is 0 Å². The molecule has 0 aromatic rings. The molecule has 0 heteroatoms. The van der Waals surface area contributed by atoms with Gasteiger partial charge in [0.2, 0.25) is 0 Å². The van der Waals surface area contributed by atoms with Gasteiger partial charge in [-0.15, -0.1) is 0 Å². The van der Waals surface area contributed by atoms with Gasteiger partial charge in [0.05, 0.1) is 0 Å². The minimum Gasteiger partial charge on any atom is -0.0654 e. The Labute approximate surface area is 66.0 Å². The van der Waals surface area contributed by atoms with Crippen LogP contribution < -0.4 is 0 Å². The van der Waals surface area contributed by atoms with Gasteiger partial charge in [-0.2, -0.15) is 0 Å². The normalized spacial score (nSPS) is 16.8. The van der Waals surface area contributed by atoms with Crippen LogP contribution in [-0.2, 0) is 0 Å². The van der Waals surface area contributed by atoms with E-state index in [0.717, 1.165) is 18.3 Å². The van der Waals surface area contributed by atoms with Crippen molar-refractivity contribution in [1.82, 2.24) is 0 Å². The maximum Gasteiger partial charge on any atom is -0.0391 e. The van der Waals surface area contributed by atoms with E-state index in [9.17, 15) is 0 Å². The van der Waals surface area contributed by atoms with E-state index < -0.39 is 0 Å². The van der Waals surface area contributed by atoms with Gasteiger partial charge < -0.3 is 0 Å². The topological polar surface area (TPSA) is 0 Å². The average Bonchev–Trinajstić information content (AvgIpc) is 1.99. The zero-order chi connectivity index (χ0) is 7.98. The summed E-state index contributed by atoms with van der Waals surface area (Å²) < 4.78 is 0. The Bertz CT molecular complexity index is 66.4. The van der Waals surface area contributed by atoms with Gasteiger partial charge in [0.15, 0.2) is 0 Å². The van der Waals surface area contributed by atoms with Gasteiger partial charge in [-0.25, -0.2) is 0 Å². The summed E-state index contributed by atoms with van der Waals surface area (Å²) in [6, 6.07) is 0. The Balaban J connectivity index is 3.56. The van der Waals surface area contributed by atoms with Crippen LogP contribution in [0.3, 0.4) is 0 Å². The van der Waals surface area contributed by atoms with Crippen molar-refractivity contribution in [2.24, 2.45) is 11.8 Å². The third kappa shape index (κ3) is 3.24. The lowest BCUT2D eigenvalue weighted by Crippen LogP contribution is -2.09. The fraction of sp³-hybridized carbons (Fsp3) is 0.900. The van der Waals surface area contributed by atoms with Crippen molar-refractivity contribution in [2.45, 2.75) is 46.5 Å². The SMILES string of the molecule is [CH2]CC(C)C(CC)CCC. The van der Waals surface area contributed by atoms with E-state index in [-0.39, 0.29) is 0 Å². The molecule has 10 heavy (non-hydrogen) atoms. The first-order valence-corrected chi connectivity index (χ1v) is 4.55. The summed E-state index contributed by atoms with van der Waals surface area (Å²) in [5, 5.41) is 0. The number of rotatable bonds is 5. The molecule has 0 aromatic carbocycles. The molecule has 61 valence electrons. The first kappa shape index (κ1) is 10.0. The molecule has 0 heterocycles. The van der Waals surface area contributed by atoms with Crippen LogP contribution in [-0.4, -0.2) is 0 Å². The third-order valence-corrected chi connectivity index (χ3v) is 2.44. The van der Waals surface area contributed by atoms with Gasteiger partial charge in [-0.1, -0.05) is 53.4 Å². The van der Waals surface area contributed by atoms with Crippen LogP contribution in [0.15, 0.2) is 0 Å². The quantitative estimate of drug-likeness (QED) is 0.548. The van der Waals surface area contributed by atoms with Crippen LogP contribution >= 0.6 is 0 Å². The Morgan fingerprint density at radius 3 is 2.20 bits per heavy atom. The largest absolute Gasteiger partial charge is 0.0654 e. The lowest BCUT2D eigenvalue weighted by Gasteiger charge is -2.20. The molecule has 0 fully saturated rings. The van der Waals surface area contributed by atoms with Crippen molar-refractivity contribution in [3.8, 4) is 0 Å². The lowest BCUT2D eigenvalue weighted by molar-refractivity contribution is 0.324. The summed E-state index contributed by atoms with van der Waals surface area (Å²) in [7, 11) is 0. The third-order valence-electron chi connectivity index (χ3n) is 2.44. The highest BCUT2D eigenvalue weighted by atomic mass is 14.2. The monoisotopic (exact) mass is 141 g/mol. The Morgan fingerprint density at radius 1 is 1.30 bits per heavy atom. The van der Waals surface area contributed by atoms with E-state index in [1.54, 1.807) is 0 Å². The van der Waals surface area contributed by atoms with Gasteiger partial charge in [-0.05, 0) is 11.8 Å². The van der Waals surface area contributed by atoms with Gasteiger partial charge >= 0.3 is 0 Å². The summed E-state index contributed by atoms with van der Waals surface area (Å²) in [6.07, 6.45) is 5.12. The smallest absolute Gasteiger partial charge is 0.0391 e. The van der Waals surface area contributed by atoms with Gasteiger partial charge in [-0.3, -0.25) is 0 Å². The number of hydrogen-bond acceptors (Lipinski definition) is 0. The summed E-state index contributed by atoms with van der Waals surface area (Å²) in [4.78, 5) is 0. The molecule has 0 N–H and O–H groups in total. The van der Waals surface area contributed by atoms with Gasteiger partial charge in [0, 0.05) is 0 Å². The maximum absolute atomic E-state index is 3.94. The highest BCUT2D eigenvalue weighted by molar-refractivity contribution is 4.65. The summed E-state index contributed by atoms with van der Waals surface area (Å²) in [6.45, 7) is 10.8. The molecule has 0 nitrogen and oxygen atoms in total. The van der Waals surface area contributed by atoms with Crippen LogP contribution in [0, 0.1) is 18.8 Å². The minimum absolute atomic E-state index is 0.824. The molecule has 0 amide bonds. The molecule has 2 unspecified atom stereocenters. The van der Waals surface area contributed by atoms with Gasteiger partial charge in [0.25, 0.3) is 0 Å². The molecule has 0 saturated heterocycles. The summed E-state index contributed by atoms with van der Waals surface area (Å²) in [5.41, 5.74) is 0. The molecule has 2 atom stereocenters. The van der Waals surface area contributed by atoms with E-state index in [1.165, 1.54) is 19.3 Å². The average molecular weight is 141 g/mol. The Kier molecular flexibility index (Phi) is 5.76. The molecule has 0 spiro atoms. The standard InChI is InChI=1S/C10H21/c1-5-8-10(7-3)9(4)6-2/h9-10H,2,5-8H2,1,3-4H3. The molecule has 0 rings (SSSR count). The minimum atomic E-state index is 0.824. The molecule has 1 radical (unpaired) electrons. The first-order valence-electron chi connectivity index (χ1n) is 4.55. The van der Waals surface area contributed by atoms with Crippen LogP contribution in [0.1, 0.15) is 46.5 Å². The molecule has 0 aliphatic carbocycles. The van der Waals surface area contributed by atoms with E-state index in [1.807, 2.05) is 0 Å². The summed E-state index contributed by atoms with van der Waals surface area (Å²) in [5.74, 6) is 1.74. The van der Waals surface area contributed by atoms with Crippen molar-refractivity contribution in [3.05, 3.63) is 6.92 Å². The molecule has 0 aromatic heterocycles. The van der Waals surface area contributed by atoms with Gasteiger partial charge in [0.1, 0.15) is 0 Å². The van der Waals surface area contributed by atoms with Crippen LogP contribution in [0.4, 0.5) is 0 Å². The van der Waals surface area contributed by atoms with Crippen LogP contribution in [0.25, 0.3) is 0 Å². The second-order valence-corrected chi connectivity index (χ2v) is 3.22. The molecular weight excluding hydrogens is 120 g/mol. The highest BCUT2D eigenvalue weighted by Gasteiger charge is 2.11. The van der Waals surface area contributed by atoms with Crippen molar-refractivity contribution in [1.29, 1.82) is 0 Å². The van der Waals surface area contributed by atoms with Crippen molar-refractivity contribution in [3.63, 3.8) is 0 Å². The van der Waals surface area contributed by atoms with Crippen molar-refractivity contribution >= 4 is 0 Å². The fourth-order valence-corrected chi connectivity index (χ4v) is 1.50. The highest BCUT2D eigenvalue weighted by Crippen LogP contribution is 2.22. The van der Waals surface area contributed by atoms with E-state index in [4.69, 9.17) is 0 Å². The molecule has 0 bridgehead atoms. The van der Waals surface area contributed by atoms with Crippen molar-refractivity contribution < 1.29 is 0 Å². The molecule has 0 aliphatic rings. The molecule has 0 aliphatic heterocycles. The predicted octanol–water partition coefficient (Wildman–Crippen LogP) is 3.67. The lowest BCUT2D eigenvalue weighted by atomic mass is 9.86. The molecular formula is C10H21. The first-order chi connectivity index (χ1) is 4.76. The van der Waals surface area contributed by atoms with E-state index in [0.29, 0.717) is 0 Å². The number of hydrogen-bond donors (Lipinski definition) is 0. The Hall–Kier alpha value is 0. The zero-order valence-corrected chi connectivity index (χ0v) is 7.69. The van der Waals surface area contributed by atoms with E-state index >= 15 is 0 Å². The fourth-order valence-electron chi connectivity index (χ4n) is 1.50. The second-order valence-electron chi connectivity index (χ2n) is 3.22. The zero-order valence-electron chi connectivity index (χ0n) is 7.69. The maximum atomic E-state index is 3.94. The van der Waals surface area contributed by atoms with Crippen molar-refractivity contribution in [2.75, 3.05) is 0 Å². The van der Waals surface area contributed by atoms with E-state index in [2.05, 4.69) is 27.7 Å². The van der Waals surface area contributed by atoms with Crippen LogP contribution in [0.2, 0.25) is 0 Å².